The second kappa shape index (κ2) is 5.99. The molecule has 0 aliphatic heterocycles. The highest BCUT2D eigenvalue weighted by molar-refractivity contribution is 7.10. The van der Waals surface area contributed by atoms with E-state index in [1.807, 2.05) is 35.4 Å². The van der Waals surface area contributed by atoms with E-state index < -0.39 is 0 Å². The van der Waals surface area contributed by atoms with Crippen molar-refractivity contribution in [1.29, 1.82) is 0 Å². The fourth-order valence-electron chi connectivity index (χ4n) is 1.96. The zero-order valence-corrected chi connectivity index (χ0v) is 11.4. The van der Waals surface area contributed by atoms with E-state index >= 15 is 0 Å². The van der Waals surface area contributed by atoms with Gasteiger partial charge in [-0.2, -0.15) is 5.10 Å². The van der Waals surface area contributed by atoms with Crippen molar-refractivity contribution in [2.24, 2.45) is 12.9 Å². The summed E-state index contributed by atoms with van der Waals surface area (Å²) in [5.74, 6) is 6.54. The van der Waals surface area contributed by atoms with Crippen molar-refractivity contribution in [2.75, 3.05) is 7.11 Å². The van der Waals surface area contributed by atoms with Gasteiger partial charge in [0.15, 0.2) is 0 Å². The van der Waals surface area contributed by atoms with E-state index in [2.05, 4.69) is 10.5 Å². The predicted octanol–water partition coefficient (Wildman–Crippen LogP) is 1.63. The van der Waals surface area contributed by atoms with Gasteiger partial charge in [0.05, 0.1) is 18.0 Å². The number of rotatable bonds is 6. The summed E-state index contributed by atoms with van der Waals surface area (Å²) in [7, 11) is 3.63. The number of hydrogen-bond acceptors (Lipinski definition) is 5. The molecule has 2 rings (SSSR count). The van der Waals surface area contributed by atoms with Gasteiger partial charge in [0.1, 0.15) is 5.75 Å². The molecule has 0 aliphatic carbocycles. The summed E-state index contributed by atoms with van der Waals surface area (Å²) < 4.78 is 7.21. The molecule has 0 spiro atoms. The maximum atomic E-state index is 5.64. The molecule has 6 heteroatoms. The molecule has 0 saturated heterocycles. The average molecular weight is 266 g/mol. The number of hydrogen-bond donors (Lipinski definition) is 2. The SMILES string of the molecule is COc1ccsc1C(CCc1ccnn1C)NN. The molecule has 1 atom stereocenters. The first-order valence-electron chi connectivity index (χ1n) is 5.80. The van der Waals surface area contributed by atoms with Crippen LogP contribution in [-0.4, -0.2) is 16.9 Å². The number of aromatic nitrogens is 2. The van der Waals surface area contributed by atoms with Crippen molar-refractivity contribution >= 4 is 11.3 Å². The maximum Gasteiger partial charge on any atom is 0.134 e. The number of nitrogens with zero attached hydrogens (tertiary/aromatic N) is 2. The lowest BCUT2D eigenvalue weighted by atomic mass is 10.1. The quantitative estimate of drug-likeness (QED) is 0.616. The van der Waals surface area contributed by atoms with Gasteiger partial charge in [-0.15, -0.1) is 11.3 Å². The van der Waals surface area contributed by atoms with Crippen LogP contribution in [0.25, 0.3) is 0 Å². The van der Waals surface area contributed by atoms with E-state index in [4.69, 9.17) is 10.6 Å². The number of thiophene rings is 1. The lowest BCUT2D eigenvalue weighted by Crippen LogP contribution is -2.28. The molecule has 5 nitrogen and oxygen atoms in total. The van der Waals surface area contributed by atoms with Gasteiger partial charge in [-0.1, -0.05) is 0 Å². The third kappa shape index (κ3) is 2.72. The number of methoxy groups -OCH3 is 1. The van der Waals surface area contributed by atoms with Gasteiger partial charge in [0, 0.05) is 18.9 Å². The predicted molar refractivity (Wildman–Crippen MR) is 72.5 cm³/mol. The summed E-state index contributed by atoms with van der Waals surface area (Å²) >= 11 is 1.66. The van der Waals surface area contributed by atoms with E-state index in [0.717, 1.165) is 23.5 Å². The van der Waals surface area contributed by atoms with Crippen LogP contribution in [-0.2, 0) is 13.5 Å². The van der Waals surface area contributed by atoms with Crippen LogP contribution in [0.3, 0.4) is 0 Å². The Morgan fingerprint density at radius 3 is 3.00 bits per heavy atom. The molecule has 0 radical (unpaired) electrons. The molecule has 2 heterocycles. The second-order valence-corrected chi connectivity index (χ2v) is 5.01. The van der Waals surface area contributed by atoms with Crippen LogP contribution < -0.4 is 16.0 Å². The van der Waals surface area contributed by atoms with E-state index in [9.17, 15) is 0 Å². The van der Waals surface area contributed by atoms with Gasteiger partial charge in [-0.3, -0.25) is 16.0 Å². The summed E-state index contributed by atoms with van der Waals surface area (Å²) in [5, 5.41) is 6.18. The standard InChI is InChI=1S/C12H18N4OS/c1-16-9(5-7-14-16)3-4-10(15-13)12-11(17-2)6-8-18-12/h5-8,10,15H,3-4,13H2,1-2H3. The Kier molecular flexibility index (Phi) is 4.35. The minimum atomic E-state index is 0.106. The third-order valence-electron chi connectivity index (χ3n) is 3.01. The van der Waals surface area contributed by atoms with Gasteiger partial charge in [0.2, 0.25) is 0 Å². The van der Waals surface area contributed by atoms with Crippen LogP contribution in [0.4, 0.5) is 0 Å². The molecule has 1 unspecified atom stereocenters. The van der Waals surface area contributed by atoms with Gasteiger partial charge in [0.25, 0.3) is 0 Å². The fraction of sp³-hybridized carbons (Fsp3) is 0.417. The number of nitrogens with one attached hydrogen (secondary N) is 1. The zero-order valence-electron chi connectivity index (χ0n) is 10.6. The molecule has 0 bridgehead atoms. The minimum Gasteiger partial charge on any atom is -0.496 e. The van der Waals surface area contributed by atoms with Crippen LogP contribution >= 0.6 is 11.3 Å². The van der Waals surface area contributed by atoms with Gasteiger partial charge < -0.3 is 4.74 Å². The molecular weight excluding hydrogens is 248 g/mol. The van der Waals surface area contributed by atoms with E-state index in [0.29, 0.717) is 0 Å². The number of hydrazine groups is 1. The third-order valence-corrected chi connectivity index (χ3v) is 4.02. The highest BCUT2D eigenvalue weighted by Crippen LogP contribution is 2.32. The first kappa shape index (κ1) is 13.1. The minimum absolute atomic E-state index is 0.106. The summed E-state index contributed by atoms with van der Waals surface area (Å²) in [6.45, 7) is 0. The van der Waals surface area contributed by atoms with Crippen LogP contribution in [0.5, 0.6) is 5.75 Å². The number of ether oxygens (including phenoxy) is 1. The highest BCUT2D eigenvalue weighted by Gasteiger charge is 2.16. The maximum absolute atomic E-state index is 5.64. The summed E-state index contributed by atoms with van der Waals surface area (Å²) in [4.78, 5) is 1.14. The molecule has 0 saturated carbocycles. The Bertz CT molecular complexity index is 494. The van der Waals surface area contributed by atoms with E-state index in [-0.39, 0.29) is 6.04 Å². The monoisotopic (exact) mass is 266 g/mol. The van der Waals surface area contributed by atoms with Crippen LogP contribution in [0.1, 0.15) is 23.0 Å². The number of nitrogens with two attached hydrogens (primary N) is 1. The van der Waals surface area contributed by atoms with Crippen molar-refractivity contribution in [3.63, 3.8) is 0 Å². The average Bonchev–Trinajstić information content (AvgIpc) is 2.99. The summed E-state index contributed by atoms with van der Waals surface area (Å²) in [6, 6.07) is 4.10. The first-order chi connectivity index (χ1) is 8.76. The highest BCUT2D eigenvalue weighted by atomic mass is 32.1. The van der Waals surface area contributed by atoms with Crippen LogP contribution in [0, 0.1) is 0 Å². The molecule has 0 aromatic carbocycles. The Labute approximate surface area is 111 Å². The van der Waals surface area contributed by atoms with Crippen molar-refractivity contribution in [2.45, 2.75) is 18.9 Å². The molecule has 2 aromatic rings. The Balaban J connectivity index is 2.04. The molecule has 0 aliphatic rings. The van der Waals surface area contributed by atoms with Gasteiger partial charge in [-0.25, -0.2) is 0 Å². The Hall–Kier alpha value is -1.37. The van der Waals surface area contributed by atoms with E-state index in [1.165, 1.54) is 5.69 Å². The van der Waals surface area contributed by atoms with Crippen molar-refractivity contribution < 1.29 is 4.74 Å². The van der Waals surface area contributed by atoms with Gasteiger partial charge >= 0.3 is 0 Å². The molecule has 3 N–H and O–H groups in total. The molecule has 2 aromatic heterocycles. The smallest absolute Gasteiger partial charge is 0.134 e. The normalized spacial score (nSPS) is 12.6. The molecule has 0 fully saturated rings. The first-order valence-corrected chi connectivity index (χ1v) is 6.68. The lowest BCUT2D eigenvalue weighted by Gasteiger charge is -2.15. The van der Waals surface area contributed by atoms with Crippen molar-refractivity contribution in [1.82, 2.24) is 15.2 Å². The van der Waals surface area contributed by atoms with Crippen molar-refractivity contribution in [3.8, 4) is 5.75 Å². The summed E-state index contributed by atoms with van der Waals surface area (Å²) in [6.07, 6.45) is 3.64. The van der Waals surface area contributed by atoms with Crippen molar-refractivity contribution in [3.05, 3.63) is 34.3 Å². The summed E-state index contributed by atoms with van der Waals surface area (Å²) in [5.41, 5.74) is 4.06. The van der Waals surface area contributed by atoms with E-state index in [1.54, 1.807) is 18.4 Å². The van der Waals surface area contributed by atoms with Gasteiger partial charge in [-0.05, 0) is 30.4 Å². The van der Waals surface area contributed by atoms with Crippen LogP contribution in [0.2, 0.25) is 0 Å². The largest absolute Gasteiger partial charge is 0.496 e. The Morgan fingerprint density at radius 1 is 1.56 bits per heavy atom. The zero-order chi connectivity index (χ0) is 13.0. The molecular formula is C12H18N4OS. The topological polar surface area (TPSA) is 65.1 Å². The van der Waals surface area contributed by atoms with Crippen LogP contribution in [0.15, 0.2) is 23.7 Å². The molecule has 98 valence electrons. The number of aryl methyl sites for hydroxylation is 2. The Morgan fingerprint density at radius 2 is 2.39 bits per heavy atom. The molecule has 18 heavy (non-hydrogen) atoms. The molecule has 0 amide bonds. The second-order valence-electron chi connectivity index (χ2n) is 4.06. The lowest BCUT2D eigenvalue weighted by molar-refractivity contribution is 0.400. The fourth-order valence-corrected chi connectivity index (χ4v) is 2.92.